The second kappa shape index (κ2) is 5.23. The Kier molecular flexibility index (Phi) is 3.67. The van der Waals surface area contributed by atoms with Crippen LogP contribution in [0.2, 0.25) is 0 Å². The Balaban J connectivity index is 2.23. The minimum absolute atomic E-state index is 0.144. The maximum absolute atomic E-state index is 6.26. The van der Waals surface area contributed by atoms with Gasteiger partial charge in [-0.25, -0.2) is 0 Å². The molecule has 0 spiro atoms. The molecule has 4 heteroatoms. The number of ether oxygens (including phenoxy) is 1. The van der Waals surface area contributed by atoms with Crippen LogP contribution >= 0.6 is 0 Å². The number of hydrogen-bond acceptors (Lipinski definition) is 3. The molecule has 0 aliphatic heterocycles. The molecule has 0 saturated carbocycles. The minimum atomic E-state index is -0.144. The van der Waals surface area contributed by atoms with Crippen molar-refractivity contribution in [1.82, 2.24) is 9.78 Å². The fourth-order valence-corrected chi connectivity index (χ4v) is 1.94. The Morgan fingerprint density at radius 2 is 2.00 bits per heavy atom. The summed E-state index contributed by atoms with van der Waals surface area (Å²) in [5.41, 5.74) is 9.48. The van der Waals surface area contributed by atoms with Crippen LogP contribution in [-0.2, 0) is 7.05 Å². The van der Waals surface area contributed by atoms with Crippen molar-refractivity contribution in [2.45, 2.75) is 19.9 Å². The van der Waals surface area contributed by atoms with Crippen LogP contribution in [0.15, 0.2) is 30.5 Å². The predicted molar refractivity (Wildman–Crippen MR) is 71.6 cm³/mol. The molecular formula is C14H19N3O. The van der Waals surface area contributed by atoms with Crippen LogP contribution in [0.1, 0.15) is 29.8 Å². The van der Waals surface area contributed by atoms with Gasteiger partial charge in [0.05, 0.1) is 18.8 Å². The number of nitrogens with two attached hydrogens (primary N) is 1. The van der Waals surface area contributed by atoms with Crippen molar-refractivity contribution in [2.24, 2.45) is 12.8 Å². The van der Waals surface area contributed by atoms with E-state index in [1.165, 1.54) is 0 Å². The van der Waals surface area contributed by atoms with Gasteiger partial charge < -0.3 is 10.5 Å². The molecule has 0 fully saturated rings. The minimum Gasteiger partial charge on any atom is -0.494 e. The molecule has 2 N–H and O–H groups in total. The highest BCUT2D eigenvalue weighted by molar-refractivity contribution is 5.35. The summed E-state index contributed by atoms with van der Waals surface area (Å²) in [5, 5.41) is 4.22. The van der Waals surface area contributed by atoms with Gasteiger partial charge in [-0.1, -0.05) is 12.1 Å². The Labute approximate surface area is 107 Å². The molecule has 1 unspecified atom stereocenters. The first kappa shape index (κ1) is 12.6. The van der Waals surface area contributed by atoms with E-state index in [0.717, 1.165) is 22.6 Å². The lowest BCUT2D eigenvalue weighted by molar-refractivity contribution is 0.340. The zero-order valence-corrected chi connectivity index (χ0v) is 11.1. The number of aromatic nitrogens is 2. The maximum Gasteiger partial charge on any atom is 0.119 e. The van der Waals surface area contributed by atoms with Crippen molar-refractivity contribution in [3.8, 4) is 5.75 Å². The zero-order valence-electron chi connectivity index (χ0n) is 11.1. The molecule has 18 heavy (non-hydrogen) atoms. The van der Waals surface area contributed by atoms with E-state index in [2.05, 4.69) is 5.10 Å². The van der Waals surface area contributed by atoms with Gasteiger partial charge in [-0.3, -0.25) is 4.68 Å². The quantitative estimate of drug-likeness (QED) is 0.898. The lowest BCUT2D eigenvalue weighted by Crippen LogP contribution is -2.12. The average Bonchev–Trinajstić information content (AvgIpc) is 2.71. The van der Waals surface area contributed by atoms with Crippen LogP contribution in [0, 0.1) is 6.92 Å². The fourth-order valence-electron chi connectivity index (χ4n) is 1.94. The van der Waals surface area contributed by atoms with E-state index < -0.39 is 0 Å². The number of rotatable bonds is 4. The maximum atomic E-state index is 6.26. The van der Waals surface area contributed by atoms with Crippen LogP contribution in [0.3, 0.4) is 0 Å². The molecule has 2 rings (SSSR count). The Hall–Kier alpha value is -1.81. The van der Waals surface area contributed by atoms with Crippen LogP contribution in [0.4, 0.5) is 0 Å². The first-order chi connectivity index (χ1) is 8.63. The molecule has 4 nitrogen and oxygen atoms in total. The summed E-state index contributed by atoms with van der Waals surface area (Å²) >= 11 is 0. The fraction of sp³-hybridized carbons (Fsp3) is 0.357. The third kappa shape index (κ3) is 2.38. The third-order valence-corrected chi connectivity index (χ3v) is 3.16. The van der Waals surface area contributed by atoms with E-state index in [9.17, 15) is 0 Å². The lowest BCUT2D eigenvalue weighted by atomic mass is 10.0. The smallest absolute Gasteiger partial charge is 0.119 e. The molecule has 1 aromatic carbocycles. The molecule has 1 atom stereocenters. The van der Waals surface area contributed by atoms with Crippen molar-refractivity contribution >= 4 is 0 Å². The van der Waals surface area contributed by atoms with Crippen molar-refractivity contribution in [3.63, 3.8) is 0 Å². The molecular weight excluding hydrogens is 226 g/mol. The first-order valence-electron chi connectivity index (χ1n) is 6.10. The summed E-state index contributed by atoms with van der Waals surface area (Å²) < 4.78 is 7.25. The van der Waals surface area contributed by atoms with Crippen molar-refractivity contribution < 1.29 is 4.74 Å². The summed E-state index contributed by atoms with van der Waals surface area (Å²) in [6.45, 7) is 4.67. The van der Waals surface area contributed by atoms with E-state index in [4.69, 9.17) is 10.5 Å². The van der Waals surface area contributed by atoms with Crippen molar-refractivity contribution in [3.05, 3.63) is 47.3 Å². The summed E-state index contributed by atoms with van der Waals surface area (Å²) in [6, 6.07) is 7.76. The van der Waals surface area contributed by atoms with Gasteiger partial charge in [0, 0.05) is 18.3 Å². The number of nitrogens with zero attached hydrogens (tertiary/aromatic N) is 2. The van der Waals surface area contributed by atoms with E-state index in [0.29, 0.717) is 6.61 Å². The van der Waals surface area contributed by atoms with Crippen LogP contribution in [0.25, 0.3) is 0 Å². The molecule has 0 radical (unpaired) electrons. The number of hydrogen-bond donors (Lipinski definition) is 1. The van der Waals surface area contributed by atoms with Crippen LogP contribution in [-0.4, -0.2) is 16.4 Å². The molecule has 2 aromatic rings. The molecule has 96 valence electrons. The lowest BCUT2D eigenvalue weighted by Gasteiger charge is -2.12. The summed E-state index contributed by atoms with van der Waals surface area (Å²) in [7, 11) is 1.92. The highest BCUT2D eigenvalue weighted by Gasteiger charge is 2.14. The normalized spacial score (nSPS) is 12.4. The second-order valence-electron chi connectivity index (χ2n) is 4.29. The van der Waals surface area contributed by atoms with Gasteiger partial charge in [-0.05, 0) is 31.5 Å². The molecule has 1 aromatic heterocycles. The van der Waals surface area contributed by atoms with Crippen molar-refractivity contribution in [2.75, 3.05) is 6.61 Å². The Morgan fingerprint density at radius 3 is 2.50 bits per heavy atom. The second-order valence-corrected chi connectivity index (χ2v) is 4.29. The number of aryl methyl sites for hydroxylation is 1. The zero-order chi connectivity index (χ0) is 13.1. The van der Waals surface area contributed by atoms with E-state index >= 15 is 0 Å². The van der Waals surface area contributed by atoms with Crippen LogP contribution < -0.4 is 10.5 Å². The molecule has 0 amide bonds. The Morgan fingerprint density at radius 1 is 1.33 bits per heavy atom. The Bertz CT molecular complexity index is 516. The van der Waals surface area contributed by atoms with Gasteiger partial charge >= 0.3 is 0 Å². The molecule has 0 aliphatic rings. The standard InChI is InChI=1S/C14H19N3O/c1-4-18-12-7-5-11(6-8-12)14(15)13-9-16-17(3)10(13)2/h5-9,14H,4,15H2,1-3H3. The van der Waals surface area contributed by atoms with Gasteiger partial charge in [-0.2, -0.15) is 5.10 Å². The van der Waals surface area contributed by atoms with Gasteiger partial charge in [0.25, 0.3) is 0 Å². The van der Waals surface area contributed by atoms with Gasteiger partial charge in [0.1, 0.15) is 5.75 Å². The topological polar surface area (TPSA) is 53.1 Å². The summed E-state index contributed by atoms with van der Waals surface area (Å²) in [6.07, 6.45) is 1.83. The average molecular weight is 245 g/mol. The van der Waals surface area contributed by atoms with E-state index in [-0.39, 0.29) is 6.04 Å². The largest absolute Gasteiger partial charge is 0.494 e. The highest BCUT2D eigenvalue weighted by atomic mass is 16.5. The van der Waals surface area contributed by atoms with Crippen molar-refractivity contribution in [1.29, 1.82) is 0 Å². The summed E-state index contributed by atoms with van der Waals surface area (Å²) in [5.74, 6) is 0.872. The predicted octanol–water partition coefficient (Wildman–Crippen LogP) is 2.18. The molecule has 0 saturated heterocycles. The van der Waals surface area contributed by atoms with Gasteiger partial charge in [0.2, 0.25) is 0 Å². The van der Waals surface area contributed by atoms with E-state index in [1.54, 1.807) is 0 Å². The SMILES string of the molecule is CCOc1ccc(C(N)c2cnn(C)c2C)cc1. The van der Waals surface area contributed by atoms with Gasteiger partial charge in [0.15, 0.2) is 0 Å². The molecule has 0 bridgehead atoms. The molecule has 1 heterocycles. The van der Waals surface area contributed by atoms with Gasteiger partial charge in [-0.15, -0.1) is 0 Å². The summed E-state index contributed by atoms with van der Waals surface area (Å²) in [4.78, 5) is 0. The van der Waals surface area contributed by atoms with Crippen LogP contribution in [0.5, 0.6) is 5.75 Å². The number of benzene rings is 1. The monoisotopic (exact) mass is 245 g/mol. The van der Waals surface area contributed by atoms with E-state index in [1.807, 2.05) is 56.0 Å². The third-order valence-electron chi connectivity index (χ3n) is 3.16. The molecule has 0 aliphatic carbocycles. The highest BCUT2D eigenvalue weighted by Crippen LogP contribution is 2.23. The first-order valence-corrected chi connectivity index (χ1v) is 6.10.